The van der Waals surface area contributed by atoms with Crippen molar-refractivity contribution in [1.29, 1.82) is 0 Å². The van der Waals surface area contributed by atoms with Crippen LogP contribution in [0.4, 0.5) is 5.69 Å². The zero-order chi connectivity index (χ0) is 22.8. The Morgan fingerprint density at radius 1 is 1.03 bits per heavy atom. The highest BCUT2D eigenvalue weighted by Crippen LogP contribution is 2.23. The molecular formula is C22H21NO8. The first-order valence-electron chi connectivity index (χ1n) is 9.32. The van der Waals surface area contributed by atoms with Crippen LogP contribution in [-0.4, -0.2) is 35.9 Å². The minimum Gasteiger partial charge on any atom is -0.488 e. The fourth-order valence-corrected chi connectivity index (χ4v) is 2.47. The number of hydrogen-bond donors (Lipinski definition) is 0. The Bertz CT molecular complexity index is 995. The molecule has 0 saturated carbocycles. The minimum atomic E-state index is -0.843. The van der Waals surface area contributed by atoms with E-state index in [2.05, 4.69) is 0 Å². The molecule has 2 rings (SSSR count). The molecule has 0 aliphatic rings. The summed E-state index contributed by atoms with van der Waals surface area (Å²) >= 11 is 0. The molecule has 2 aromatic rings. The molecule has 31 heavy (non-hydrogen) atoms. The van der Waals surface area contributed by atoms with E-state index in [9.17, 15) is 24.5 Å². The average Bonchev–Trinajstić information content (AvgIpc) is 2.75. The van der Waals surface area contributed by atoms with E-state index in [0.29, 0.717) is 16.9 Å². The van der Waals surface area contributed by atoms with Crippen molar-refractivity contribution in [1.82, 2.24) is 0 Å². The van der Waals surface area contributed by atoms with Crippen molar-refractivity contribution in [2.75, 3.05) is 13.2 Å². The van der Waals surface area contributed by atoms with Crippen LogP contribution >= 0.6 is 0 Å². The third-order valence-corrected chi connectivity index (χ3v) is 3.96. The van der Waals surface area contributed by atoms with Gasteiger partial charge in [0.15, 0.2) is 6.61 Å². The Kier molecular flexibility index (Phi) is 8.44. The maximum atomic E-state index is 12.4. The molecule has 9 heteroatoms. The van der Waals surface area contributed by atoms with E-state index in [0.717, 1.165) is 6.92 Å². The summed E-state index contributed by atoms with van der Waals surface area (Å²) in [4.78, 5) is 45.9. The lowest BCUT2D eigenvalue weighted by atomic mass is 10.1. The number of hydrogen-bond acceptors (Lipinski definition) is 8. The minimum absolute atomic E-state index is 0.0301. The number of ketones is 1. The molecular weight excluding hydrogens is 406 g/mol. The van der Waals surface area contributed by atoms with Gasteiger partial charge in [-0.1, -0.05) is 18.2 Å². The number of para-hydroxylation sites is 1. The number of nitrogens with zero attached hydrogens (tertiary/aromatic N) is 1. The zero-order valence-electron chi connectivity index (χ0n) is 17.0. The van der Waals surface area contributed by atoms with E-state index in [4.69, 9.17) is 14.2 Å². The third-order valence-electron chi connectivity index (χ3n) is 3.96. The molecule has 0 aliphatic carbocycles. The van der Waals surface area contributed by atoms with Gasteiger partial charge in [-0.2, -0.15) is 0 Å². The molecule has 0 atom stereocenters. The van der Waals surface area contributed by atoms with E-state index < -0.39 is 29.3 Å². The number of non-ortho nitro benzene ring substituents is 1. The highest BCUT2D eigenvalue weighted by Gasteiger charge is 2.21. The van der Waals surface area contributed by atoms with Crippen LogP contribution in [0.1, 0.15) is 25.0 Å². The molecule has 162 valence electrons. The average molecular weight is 427 g/mol. The first kappa shape index (κ1) is 23.3. The quantitative estimate of drug-likeness (QED) is 0.141. The molecule has 0 spiro atoms. The molecule has 0 bridgehead atoms. The van der Waals surface area contributed by atoms with Crippen molar-refractivity contribution >= 4 is 29.5 Å². The second-order valence-electron chi connectivity index (χ2n) is 6.23. The van der Waals surface area contributed by atoms with Crippen LogP contribution in [-0.2, 0) is 30.5 Å². The van der Waals surface area contributed by atoms with Gasteiger partial charge in [-0.05, 0) is 36.8 Å². The molecule has 0 aromatic heterocycles. The molecule has 0 radical (unpaired) electrons. The summed E-state index contributed by atoms with van der Waals surface area (Å²) in [5, 5.41) is 10.8. The number of carbonyl (C=O) groups excluding carboxylic acids is 3. The summed E-state index contributed by atoms with van der Waals surface area (Å²) in [5.74, 6) is -1.82. The summed E-state index contributed by atoms with van der Waals surface area (Å²) in [6.07, 6.45) is 1.31. The van der Waals surface area contributed by atoms with Crippen molar-refractivity contribution in [2.45, 2.75) is 20.5 Å². The number of carbonyl (C=O) groups is 3. The Hall–Kier alpha value is -4.01. The van der Waals surface area contributed by atoms with Gasteiger partial charge in [-0.25, -0.2) is 4.79 Å². The number of esters is 2. The van der Waals surface area contributed by atoms with Crippen LogP contribution < -0.4 is 4.74 Å². The van der Waals surface area contributed by atoms with Crippen molar-refractivity contribution < 1.29 is 33.5 Å². The van der Waals surface area contributed by atoms with Crippen LogP contribution in [0.2, 0.25) is 0 Å². The zero-order valence-corrected chi connectivity index (χ0v) is 17.0. The first-order chi connectivity index (χ1) is 14.8. The fourth-order valence-electron chi connectivity index (χ4n) is 2.47. The molecule has 0 heterocycles. The molecule has 0 N–H and O–H groups in total. The Morgan fingerprint density at radius 3 is 2.32 bits per heavy atom. The highest BCUT2D eigenvalue weighted by atomic mass is 16.6. The summed E-state index contributed by atoms with van der Waals surface area (Å²) in [5.41, 5.74) is 0.816. The Morgan fingerprint density at radius 2 is 1.71 bits per heavy atom. The number of ether oxygens (including phenoxy) is 3. The number of nitro benzene ring substituents is 1. The summed E-state index contributed by atoms with van der Waals surface area (Å²) in [6, 6.07) is 12.6. The van der Waals surface area contributed by atoms with Gasteiger partial charge >= 0.3 is 11.9 Å². The third kappa shape index (κ3) is 7.07. The summed E-state index contributed by atoms with van der Waals surface area (Å²) in [6.45, 7) is 2.34. The second-order valence-corrected chi connectivity index (χ2v) is 6.23. The highest BCUT2D eigenvalue weighted by molar-refractivity contribution is 6.21. The van der Waals surface area contributed by atoms with Gasteiger partial charge in [0, 0.05) is 24.6 Å². The van der Waals surface area contributed by atoms with Crippen LogP contribution in [0.15, 0.2) is 54.1 Å². The van der Waals surface area contributed by atoms with Crippen molar-refractivity contribution in [3.05, 3.63) is 75.3 Å². The molecule has 0 aliphatic heterocycles. The molecule has 9 nitrogen and oxygen atoms in total. The topological polar surface area (TPSA) is 122 Å². The SMILES string of the molecule is CCOC(=O)/C(=C/c1ccccc1OCc1ccc([N+](=O)[O-])cc1)C(=O)COC(C)=O. The number of Topliss-reactive ketones (excluding diaryl/α,β-unsaturated/α-hetero) is 1. The van der Waals surface area contributed by atoms with Crippen molar-refractivity contribution in [3.8, 4) is 5.75 Å². The van der Waals surface area contributed by atoms with Gasteiger partial charge in [-0.3, -0.25) is 19.7 Å². The van der Waals surface area contributed by atoms with Gasteiger partial charge in [-0.15, -0.1) is 0 Å². The largest absolute Gasteiger partial charge is 0.488 e. The maximum absolute atomic E-state index is 12.4. The van der Waals surface area contributed by atoms with Crippen molar-refractivity contribution in [3.63, 3.8) is 0 Å². The molecule has 0 saturated heterocycles. The fraction of sp³-hybridized carbons (Fsp3) is 0.227. The van der Waals surface area contributed by atoms with E-state index in [-0.39, 0.29) is 24.5 Å². The Balaban J connectivity index is 2.25. The van der Waals surface area contributed by atoms with E-state index in [1.54, 1.807) is 43.3 Å². The van der Waals surface area contributed by atoms with Crippen LogP contribution in [0, 0.1) is 10.1 Å². The second kappa shape index (κ2) is 11.2. The van der Waals surface area contributed by atoms with Gasteiger partial charge in [0.25, 0.3) is 5.69 Å². The lowest BCUT2D eigenvalue weighted by Gasteiger charge is -2.11. The predicted octanol–water partition coefficient (Wildman–Crippen LogP) is 3.25. The van der Waals surface area contributed by atoms with Crippen LogP contribution in [0.3, 0.4) is 0 Å². The van der Waals surface area contributed by atoms with Crippen molar-refractivity contribution in [2.24, 2.45) is 0 Å². The molecule has 0 fully saturated rings. The maximum Gasteiger partial charge on any atom is 0.341 e. The molecule has 0 amide bonds. The van der Waals surface area contributed by atoms with Gasteiger partial charge in [0.05, 0.1) is 11.5 Å². The van der Waals surface area contributed by atoms with E-state index in [1.807, 2.05) is 0 Å². The van der Waals surface area contributed by atoms with Gasteiger partial charge in [0.2, 0.25) is 5.78 Å². The van der Waals surface area contributed by atoms with E-state index in [1.165, 1.54) is 18.2 Å². The standard InChI is InChI=1S/C22H21NO8/c1-3-29-22(26)19(20(25)14-30-15(2)24)12-17-6-4-5-7-21(17)31-13-16-8-10-18(11-9-16)23(27)28/h4-12H,3,13-14H2,1-2H3/b19-12+. The predicted molar refractivity (Wildman–Crippen MR) is 110 cm³/mol. The number of nitro groups is 1. The first-order valence-corrected chi connectivity index (χ1v) is 9.32. The van der Waals surface area contributed by atoms with Crippen LogP contribution in [0.5, 0.6) is 5.75 Å². The molecule has 2 aromatic carbocycles. The monoisotopic (exact) mass is 427 g/mol. The Labute approximate surface area is 178 Å². The summed E-state index contributed by atoms with van der Waals surface area (Å²) < 4.78 is 15.4. The molecule has 0 unspecified atom stereocenters. The number of benzene rings is 2. The number of rotatable bonds is 10. The van der Waals surface area contributed by atoms with Crippen LogP contribution in [0.25, 0.3) is 6.08 Å². The van der Waals surface area contributed by atoms with Gasteiger partial charge < -0.3 is 14.2 Å². The normalized spacial score (nSPS) is 10.8. The van der Waals surface area contributed by atoms with E-state index >= 15 is 0 Å². The summed E-state index contributed by atoms with van der Waals surface area (Å²) in [7, 11) is 0. The van der Waals surface area contributed by atoms with Gasteiger partial charge in [0.1, 0.15) is 17.9 Å². The smallest absolute Gasteiger partial charge is 0.341 e. The lowest BCUT2D eigenvalue weighted by molar-refractivity contribution is -0.384. The lowest BCUT2D eigenvalue weighted by Crippen LogP contribution is -2.21.